The highest BCUT2D eigenvalue weighted by molar-refractivity contribution is 5.83. The van der Waals surface area contributed by atoms with Gasteiger partial charge in [-0.25, -0.2) is 9.37 Å². The van der Waals surface area contributed by atoms with E-state index in [-0.39, 0.29) is 11.7 Å². The van der Waals surface area contributed by atoms with Gasteiger partial charge in [0.05, 0.1) is 12.8 Å². The maximum Gasteiger partial charge on any atom is 0.242 e. The number of carbonyl (C=O) groups is 1. The number of nitrogens with zero attached hydrogens (tertiary/aromatic N) is 2. The molecule has 1 aliphatic heterocycles. The second-order valence-corrected chi connectivity index (χ2v) is 7.43. The molecule has 1 aromatic heterocycles. The smallest absolute Gasteiger partial charge is 0.242 e. The van der Waals surface area contributed by atoms with E-state index in [4.69, 9.17) is 9.15 Å². The molecule has 1 saturated heterocycles. The number of methoxy groups -OCH3 is 1. The monoisotopic (exact) mass is 409 g/mol. The first-order valence-corrected chi connectivity index (χ1v) is 9.85. The Morgan fingerprint density at radius 2 is 2.10 bits per heavy atom. The van der Waals surface area contributed by atoms with Crippen LogP contribution in [0.3, 0.4) is 0 Å². The van der Waals surface area contributed by atoms with Crippen LogP contribution in [0.1, 0.15) is 28.6 Å². The highest BCUT2D eigenvalue weighted by Gasteiger charge is 2.32. The number of oxazole rings is 1. The summed E-state index contributed by atoms with van der Waals surface area (Å²) in [5, 5.41) is 2.87. The standard InChI is InChI=1S/C23H24FN3O3/c1-14-11-17(7-8-20(14)29-3)23-26-19(15(2)30-23)13-27-10-9-25-22(28)21(27)16-5-4-6-18(24)12-16/h4-8,11-12,21H,9-10,13H2,1-3H3,(H,25,28). The van der Waals surface area contributed by atoms with Gasteiger partial charge in [-0.1, -0.05) is 12.1 Å². The zero-order valence-electron chi connectivity index (χ0n) is 17.2. The van der Waals surface area contributed by atoms with Gasteiger partial charge in [-0.2, -0.15) is 0 Å². The molecule has 0 radical (unpaired) electrons. The van der Waals surface area contributed by atoms with Gasteiger partial charge in [0.15, 0.2) is 0 Å². The predicted molar refractivity (Wildman–Crippen MR) is 111 cm³/mol. The van der Waals surface area contributed by atoms with Gasteiger partial charge in [-0.15, -0.1) is 0 Å². The summed E-state index contributed by atoms with van der Waals surface area (Å²) in [5.41, 5.74) is 3.24. The third-order valence-electron chi connectivity index (χ3n) is 5.36. The van der Waals surface area contributed by atoms with Gasteiger partial charge in [0.1, 0.15) is 23.4 Å². The molecule has 1 atom stereocenters. The number of halogens is 1. The van der Waals surface area contributed by atoms with Crippen molar-refractivity contribution in [2.45, 2.75) is 26.4 Å². The largest absolute Gasteiger partial charge is 0.496 e. The molecule has 4 rings (SSSR count). The van der Waals surface area contributed by atoms with Gasteiger partial charge in [-0.3, -0.25) is 9.69 Å². The Balaban J connectivity index is 1.61. The van der Waals surface area contributed by atoms with Crippen molar-refractivity contribution in [3.63, 3.8) is 0 Å². The van der Waals surface area contributed by atoms with Crippen molar-refractivity contribution in [2.75, 3.05) is 20.2 Å². The summed E-state index contributed by atoms with van der Waals surface area (Å²) in [5.74, 6) is 1.53. The first-order chi connectivity index (χ1) is 14.5. The first-order valence-electron chi connectivity index (χ1n) is 9.85. The lowest BCUT2D eigenvalue weighted by atomic mass is 10.0. The number of rotatable bonds is 5. The molecule has 0 saturated carbocycles. The van der Waals surface area contributed by atoms with Crippen LogP contribution < -0.4 is 10.1 Å². The lowest BCUT2D eigenvalue weighted by Crippen LogP contribution is -2.49. The topological polar surface area (TPSA) is 67.6 Å². The van der Waals surface area contributed by atoms with E-state index in [1.54, 1.807) is 19.2 Å². The summed E-state index contributed by atoms with van der Waals surface area (Å²) >= 11 is 0. The Morgan fingerprint density at radius 1 is 1.27 bits per heavy atom. The fourth-order valence-electron chi connectivity index (χ4n) is 3.83. The Labute approximate surface area is 174 Å². The van der Waals surface area contributed by atoms with Crippen LogP contribution in [0.2, 0.25) is 0 Å². The molecule has 1 aliphatic rings. The molecule has 1 unspecified atom stereocenters. The SMILES string of the molecule is COc1ccc(-c2nc(CN3CCNC(=O)C3c3cccc(F)c3)c(C)o2)cc1C. The molecule has 3 aromatic rings. The minimum atomic E-state index is -0.572. The second kappa shape index (κ2) is 8.28. The van der Waals surface area contributed by atoms with Gasteiger partial charge >= 0.3 is 0 Å². The van der Waals surface area contributed by atoms with Crippen molar-refractivity contribution in [1.82, 2.24) is 15.2 Å². The highest BCUT2D eigenvalue weighted by atomic mass is 19.1. The summed E-state index contributed by atoms with van der Waals surface area (Å²) in [6, 6.07) is 11.4. The van der Waals surface area contributed by atoms with Crippen molar-refractivity contribution in [3.8, 4) is 17.2 Å². The van der Waals surface area contributed by atoms with Crippen molar-refractivity contribution in [1.29, 1.82) is 0 Å². The number of hydrogen-bond acceptors (Lipinski definition) is 5. The van der Waals surface area contributed by atoms with Crippen LogP contribution in [-0.4, -0.2) is 36.0 Å². The molecule has 156 valence electrons. The minimum Gasteiger partial charge on any atom is -0.496 e. The van der Waals surface area contributed by atoms with Crippen molar-refractivity contribution in [3.05, 3.63) is 70.9 Å². The number of hydrogen-bond donors (Lipinski definition) is 1. The lowest BCUT2D eigenvalue weighted by Gasteiger charge is -2.34. The molecule has 0 spiro atoms. The third kappa shape index (κ3) is 3.93. The summed E-state index contributed by atoms with van der Waals surface area (Å²) in [6.07, 6.45) is 0. The summed E-state index contributed by atoms with van der Waals surface area (Å²) in [6.45, 7) is 5.43. The van der Waals surface area contributed by atoms with Gasteiger partial charge in [0.25, 0.3) is 0 Å². The summed E-state index contributed by atoms with van der Waals surface area (Å²) < 4.78 is 25.0. The fraction of sp³-hybridized carbons (Fsp3) is 0.304. The lowest BCUT2D eigenvalue weighted by molar-refractivity contribution is -0.129. The average Bonchev–Trinajstić information content (AvgIpc) is 3.08. The maximum absolute atomic E-state index is 13.8. The number of ether oxygens (including phenoxy) is 1. The van der Waals surface area contributed by atoms with Gasteiger partial charge in [-0.05, 0) is 55.3 Å². The molecular formula is C23H24FN3O3. The first kappa shape index (κ1) is 20.1. The van der Waals surface area contributed by atoms with E-state index in [2.05, 4.69) is 10.3 Å². The van der Waals surface area contributed by atoms with Gasteiger partial charge in [0.2, 0.25) is 11.8 Å². The number of aromatic nitrogens is 1. The Bertz CT molecular complexity index is 1080. The fourth-order valence-corrected chi connectivity index (χ4v) is 3.83. The molecular weight excluding hydrogens is 385 g/mol. The number of carbonyl (C=O) groups excluding carboxylic acids is 1. The quantitative estimate of drug-likeness (QED) is 0.695. The number of aryl methyl sites for hydroxylation is 2. The van der Waals surface area contributed by atoms with E-state index in [0.29, 0.717) is 36.8 Å². The Hall–Kier alpha value is -3.19. The minimum absolute atomic E-state index is 0.140. The molecule has 2 heterocycles. The maximum atomic E-state index is 13.8. The molecule has 30 heavy (non-hydrogen) atoms. The van der Waals surface area contributed by atoms with Gasteiger partial charge < -0.3 is 14.5 Å². The Kier molecular flexibility index (Phi) is 5.55. The third-order valence-corrected chi connectivity index (χ3v) is 5.36. The van der Waals surface area contributed by atoms with E-state index >= 15 is 0 Å². The van der Waals surface area contributed by atoms with Crippen molar-refractivity contribution >= 4 is 5.91 Å². The van der Waals surface area contributed by atoms with Crippen LogP contribution in [0, 0.1) is 19.7 Å². The van der Waals surface area contributed by atoms with Crippen LogP contribution in [0.15, 0.2) is 46.9 Å². The number of amides is 1. The molecule has 1 amide bonds. The summed E-state index contributed by atoms with van der Waals surface area (Å²) in [4.78, 5) is 19.3. The second-order valence-electron chi connectivity index (χ2n) is 7.43. The van der Waals surface area contributed by atoms with Crippen molar-refractivity contribution < 1.29 is 18.3 Å². The average molecular weight is 409 g/mol. The summed E-state index contributed by atoms with van der Waals surface area (Å²) in [7, 11) is 1.64. The molecule has 0 aliphatic carbocycles. The molecule has 1 fully saturated rings. The molecule has 6 nitrogen and oxygen atoms in total. The zero-order valence-corrected chi connectivity index (χ0v) is 17.2. The van der Waals surface area contributed by atoms with Crippen molar-refractivity contribution in [2.24, 2.45) is 0 Å². The normalized spacial score (nSPS) is 17.1. The van der Waals surface area contributed by atoms with Crippen LogP contribution in [0.5, 0.6) is 5.75 Å². The van der Waals surface area contributed by atoms with Crippen LogP contribution in [0.25, 0.3) is 11.5 Å². The highest BCUT2D eigenvalue weighted by Crippen LogP contribution is 2.30. The van der Waals surface area contributed by atoms with E-state index in [0.717, 1.165) is 22.6 Å². The number of nitrogens with one attached hydrogen (secondary N) is 1. The van der Waals surface area contributed by atoms with E-state index < -0.39 is 6.04 Å². The van der Waals surface area contributed by atoms with E-state index in [1.165, 1.54) is 12.1 Å². The van der Waals surface area contributed by atoms with Crippen LogP contribution >= 0.6 is 0 Å². The van der Waals surface area contributed by atoms with Gasteiger partial charge in [0, 0.05) is 25.2 Å². The molecule has 0 bridgehead atoms. The molecule has 1 N–H and O–H groups in total. The van der Waals surface area contributed by atoms with E-state index in [9.17, 15) is 9.18 Å². The zero-order chi connectivity index (χ0) is 21.3. The molecule has 7 heteroatoms. The number of piperazine rings is 1. The molecule has 2 aromatic carbocycles. The Morgan fingerprint density at radius 3 is 2.83 bits per heavy atom. The van der Waals surface area contributed by atoms with Crippen LogP contribution in [0.4, 0.5) is 4.39 Å². The van der Waals surface area contributed by atoms with E-state index in [1.807, 2.05) is 36.9 Å². The predicted octanol–water partition coefficient (Wildman–Crippen LogP) is 3.78. The van der Waals surface area contributed by atoms with Crippen LogP contribution in [-0.2, 0) is 11.3 Å². The number of benzene rings is 2.